The second kappa shape index (κ2) is 3.64. The van der Waals surface area contributed by atoms with Gasteiger partial charge in [-0.2, -0.15) is 0 Å². The highest BCUT2D eigenvalue weighted by Gasteiger charge is 2.00. The van der Waals surface area contributed by atoms with Crippen LogP contribution in [-0.2, 0) is 6.54 Å². The smallest absolute Gasteiger partial charge is 0.0208 e. The fourth-order valence-electron chi connectivity index (χ4n) is 1.51. The van der Waals surface area contributed by atoms with Crippen molar-refractivity contribution in [2.75, 3.05) is 0 Å². The second-order valence-corrected chi connectivity index (χ2v) is 4.12. The molecule has 0 bridgehead atoms. The molecule has 0 atom stereocenters. The maximum absolute atomic E-state index is 5.66. The Kier molecular flexibility index (Phi) is 2.51. The minimum absolute atomic E-state index is 0.609. The van der Waals surface area contributed by atoms with Crippen molar-refractivity contribution in [3.63, 3.8) is 0 Å². The lowest BCUT2D eigenvalue weighted by Crippen LogP contribution is -1.97. The largest absolute Gasteiger partial charge is 0.326 e. The van der Waals surface area contributed by atoms with E-state index in [0.717, 1.165) is 0 Å². The molecule has 2 aromatic carbocycles. The summed E-state index contributed by atoms with van der Waals surface area (Å²) in [6.45, 7) is 0.609. The van der Waals surface area contributed by atoms with Gasteiger partial charge >= 0.3 is 0 Å². The van der Waals surface area contributed by atoms with Crippen molar-refractivity contribution in [1.82, 2.24) is 0 Å². The van der Waals surface area contributed by atoms with Gasteiger partial charge in [0.05, 0.1) is 0 Å². The molecule has 0 spiro atoms. The van der Waals surface area contributed by atoms with Crippen molar-refractivity contribution in [1.29, 1.82) is 0 Å². The van der Waals surface area contributed by atoms with Gasteiger partial charge in [0, 0.05) is 10.1 Å². The van der Waals surface area contributed by atoms with Crippen molar-refractivity contribution in [2.45, 2.75) is 6.54 Å². The first-order valence-electron chi connectivity index (χ1n) is 4.19. The first kappa shape index (κ1) is 8.97. The number of halogens is 1. The maximum Gasteiger partial charge on any atom is 0.0208 e. The summed E-state index contributed by atoms with van der Waals surface area (Å²) in [5, 5.41) is 2.57. The summed E-state index contributed by atoms with van der Waals surface area (Å²) in [6, 6.07) is 12.6. The van der Waals surface area contributed by atoms with Crippen LogP contribution in [0, 0.1) is 3.57 Å². The molecule has 0 radical (unpaired) electrons. The van der Waals surface area contributed by atoms with Crippen molar-refractivity contribution in [3.8, 4) is 0 Å². The zero-order chi connectivity index (χ0) is 9.26. The van der Waals surface area contributed by atoms with Gasteiger partial charge in [0.1, 0.15) is 0 Å². The summed E-state index contributed by atoms with van der Waals surface area (Å²) >= 11 is 2.35. The van der Waals surface area contributed by atoms with E-state index in [-0.39, 0.29) is 0 Å². The second-order valence-electron chi connectivity index (χ2n) is 2.96. The van der Waals surface area contributed by atoms with Crippen LogP contribution in [-0.4, -0.2) is 0 Å². The van der Waals surface area contributed by atoms with E-state index in [2.05, 4.69) is 59.0 Å². The predicted octanol–water partition coefficient (Wildman–Crippen LogP) is 2.90. The lowest BCUT2D eigenvalue weighted by atomic mass is 10.1. The number of fused-ring (bicyclic) bond motifs is 1. The van der Waals surface area contributed by atoms with Gasteiger partial charge in [0.15, 0.2) is 0 Å². The van der Waals surface area contributed by atoms with Crippen LogP contribution in [0.15, 0.2) is 36.4 Å². The number of rotatable bonds is 1. The molecule has 0 aromatic heterocycles. The van der Waals surface area contributed by atoms with E-state index < -0.39 is 0 Å². The zero-order valence-electron chi connectivity index (χ0n) is 7.13. The van der Waals surface area contributed by atoms with Crippen LogP contribution < -0.4 is 5.73 Å². The molecule has 2 aromatic rings. The molecule has 0 aliphatic rings. The van der Waals surface area contributed by atoms with Crippen LogP contribution in [0.1, 0.15) is 5.56 Å². The summed E-state index contributed by atoms with van der Waals surface area (Å²) in [5.74, 6) is 0. The number of nitrogens with two attached hydrogens (primary N) is 1. The monoisotopic (exact) mass is 283 g/mol. The summed E-state index contributed by atoms with van der Waals surface area (Å²) in [4.78, 5) is 0. The molecule has 1 nitrogen and oxygen atoms in total. The Morgan fingerprint density at radius 3 is 2.46 bits per heavy atom. The minimum atomic E-state index is 0.609. The van der Waals surface area contributed by atoms with Gasteiger partial charge < -0.3 is 5.73 Å². The fourth-order valence-corrected chi connectivity index (χ4v) is 2.19. The zero-order valence-corrected chi connectivity index (χ0v) is 9.28. The quantitative estimate of drug-likeness (QED) is 0.800. The van der Waals surface area contributed by atoms with Crippen molar-refractivity contribution in [3.05, 3.63) is 45.5 Å². The molecule has 66 valence electrons. The third-order valence-electron chi connectivity index (χ3n) is 2.18. The molecule has 0 heterocycles. The van der Waals surface area contributed by atoms with Crippen LogP contribution in [0.4, 0.5) is 0 Å². The Morgan fingerprint density at radius 1 is 1.00 bits per heavy atom. The van der Waals surface area contributed by atoms with Crippen LogP contribution >= 0.6 is 22.6 Å². The third-order valence-corrected chi connectivity index (χ3v) is 3.12. The Labute approximate surface area is 91.1 Å². The molecular weight excluding hydrogens is 273 g/mol. The first-order valence-corrected chi connectivity index (χ1v) is 5.27. The van der Waals surface area contributed by atoms with Crippen LogP contribution in [0.25, 0.3) is 10.8 Å². The van der Waals surface area contributed by atoms with Gasteiger partial charge in [-0.25, -0.2) is 0 Å². The predicted molar refractivity (Wildman–Crippen MR) is 64.6 cm³/mol. The molecule has 0 fully saturated rings. The van der Waals surface area contributed by atoms with E-state index in [4.69, 9.17) is 5.73 Å². The molecule has 0 unspecified atom stereocenters. The van der Waals surface area contributed by atoms with E-state index in [1.807, 2.05) is 0 Å². The SMILES string of the molecule is NCc1cccc2c(I)cccc12. The highest BCUT2D eigenvalue weighted by atomic mass is 127. The van der Waals surface area contributed by atoms with Gasteiger partial charge in [-0.3, -0.25) is 0 Å². The minimum Gasteiger partial charge on any atom is -0.326 e. The Hall–Kier alpha value is -0.610. The average molecular weight is 283 g/mol. The van der Waals surface area contributed by atoms with E-state index >= 15 is 0 Å². The molecular formula is C11H10IN. The van der Waals surface area contributed by atoms with Crippen molar-refractivity contribution < 1.29 is 0 Å². The van der Waals surface area contributed by atoms with E-state index in [0.29, 0.717) is 6.54 Å². The highest BCUT2D eigenvalue weighted by molar-refractivity contribution is 14.1. The van der Waals surface area contributed by atoms with Gasteiger partial charge in [0.2, 0.25) is 0 Å². The molecule has 0 saturated heterocycles. The number of hydrogen-bond acceptors (Lipinski definition) is 1. The normalized spacial score (nSPS) is 10.6. The summed E-state index contributed by atoms with van der Waals surface area (Å²) in [6.07, 6.45) is 0. The third kappa shape index (κ3) is 1.56. The summed E-state index contributed by atoms with van der Waals surface area (Å²) in [7, 11) is 0. The molecule has 0 saturated carbocycles. The Balaban J connectivity index is 2.84. The highest BCUT2D eigenvalue weighted by Crippen LogP contribution is 2.23. The van der Waals surface area contributed by atoms with Gasteiger partial charge in [0.25, 0.3) is 0 Å². The molecule has 0 aliphatic heterocycles. The Morgan fingerprint density at radius 2 is 1.69 bits per heavy atom. The fraction of sp³-hybridized carbons (Fsp3) is 0.0909. The van der Waals surface area contributed by atoms with Gasteiger partial charge in [-0.15, -0.1) is 0 Å². The lowest BCUT2D eigenvalue weighted by molar-refractivity contribution is 1.09. The number of hydrogen-bond donors (Lipinski definition) is 1. The van der Waals surface area contributed by atoms with E-state index in [1.54, 1.807) is 0 Å². The van der Waals surface area contributed by atoms with Crippen molar-refractivity contribution >= 4 is 33.4 Å². The number of benzene rings is 2. The van der Waals surface area contributed by atoms with E-state index in [1.165, 1.54) is 19.9 Å². The van der Waals surface area contributed by atoms with Crippen molar-refractivity contribution in [2.24, 2.45) is 5.73 Å². The topological polar surface area (TPSA) is 26.0 Å². The summed E-state index contributed by atoms with van der Waals surface area (Å²) in [5.41, 5.74) is 6.88. The lowest BCUT2D eigenvalue weighted by Gasteiger charge is -2.04. The molecule has 2 heteroatoms. The molecule has 2 rings (SSSR count). The maximum atomic E-state index is 5.66. The molecule has 13 heavy (non-hydrogen) atoms. The molecule has 0 aliphatic carbocycles. The standard InChI is InChI=1S/C11H10IN/c12-11-6-2-4-9-8(7-13)3-1-5-10(9)11/h1-6H,7,13H2. The van der Waals surface area contributed by atoms with Crippen LogP contribution in [0.2, 0.25) is 0 Å². The molecule has 2 N–H and O–H groups in total. The average Bonchev–Trinajstić information content (AvgIpc) is 2.18. The Bertz CT molecular complexity index is 437. The van der Waals surface area contributed by atoms with E-state index in [9.17, 15) is 0 Å². The van der Waals surface area contributed by atoms with Crippen LogP contribution in [0.3, 0.4) is 0 Å². The first-order chi connectivity index (χ1) is 6.33. The van der Waals surface area contributed by atoms with Crippen LogP contribution in [0.5, 0.6) is 0 Å². The van der Waals surface area contributed by atoms with Gasteiger partial charge in [-0.05, 0) is 45.0 Å². The van der Waals surface area contributed by atoms with Gasteiger partial charge in [-0.1, -0.05) is 30.3 Å². The molecule has 0 amide bonds. The summed E-state index contributed by atoms with van der Waals surface area (Å²) < 4.78 is 1.28.